The van der Waals surface area contributed by atoms with E-state index in [1.54, 1.807) is 24.7 Å². The Hall–Kier alpha value is -2.57. The standard InChI is InChI=1S/C18H16ClN5O/c19-16-2-1-12(9-21-16)10-24-8-5-14-15(11-24)22-17(23-18(14)25)13-3-6-20-7-4-13/h1-4,6-7,9H,5,8,10-11H2,(H,22,23,25). The fraction of sp³-hybridized carbons (Fsp3) is 0.222. The minimum absolute atomic E-state index is 0.0513. The van der Waals surface area contributed by atoms with Crippen LogP contribution in [-0.2, 0) is 19.5 Å². The lowest BCUT2D eigenvalue weighted by Gasteiger charge is -2.27. The van der Waals surface area contributed by atoms with Crippen molar-refractivity contribution in [1.82, 2.24) is 24.8 Å². The normalized spacial score (nSPS) is 14.3. The van der Waals surface area contributed by atoms with Crippen LogP contribution in [0, 0.1) is 0 Å². The second-order valence-corrected chi connectivity index (χ2v) is 6.41. The van der Waals surface area contributed by atoms with Gasteiger partial charge in [-0.15, -0.1) is 0 Å². The number of H-pyrrole nitrogens is 1. The van der Waals surface area contributed by atoms with E-state index in [4.69, 9.17) is 11.6 Å². The van der Waals surface area contributed by atoms with E-state index in [-0.39, 0.29) is 5.56 Å². The van der Waals surface area contributed by atoms with Gasteiger partial charge in [-0.05, 0) is 30.2 Å². The smallest absolute Gasteiger partial charge is 0.254 e. The molecule has 3 aromatic heterocycles. The number of hydrogen-bond acceptors (Lipinski definition) is 5. The van der Waals surface area contributed by atoms with Crippen LogP contribution in [0.1, 0.15) is 16.8 Å². The molecule has 4 heterocycles. The summed E-state index contributed by atoms with van der Waals surface area (Å²) in [5.74, 6) is 0.584. The molecular formula is C18H16ClN5O. The highest BCUT2D eigenvalue weighted by Crippen LogP contribution is 2.19. The van der Waals surface area contributed by atoms with Gasteiger partial charge in [-0.3, -0.25) is 14.7 Å². The van der Waals surface area contributed by atoms with Crippen molar-refractivity contribution in [2.75, 3.05) is 6.54 Å². The van der Waals surface area contributed by atoms with E-state index in [0.717, 1.165) is 35.5 Å². The second kappa shape index (κ2) is 6.74. The van der Waals surface area contributed by atoms with Crippen LogP contribution in [0.2, 0.25) is 5.15 Å². The van der Waals surface area contributed by atoms with Crippen molar-refractivity contribution in [3.05, 3.63) is 75.2 Å². The highest BCUT2D eigenvalue weighted by molar-refractivity contribution is 6.29. The van der Waals surface area contributed by atoms with Crippen LogP contribution in [0.25, 0.3) is 11.4 Å². The van der Waals surface area contributed by atoms with Crippen molar-refractivity contribution in [1.29, 1.82) is 0 Å². The third kappa shape index (κ3) is 3.45. The number of halogens is 1. The average molecular weight is 354 g/mol. The van der Waals surface area contributed by atoms with E-state index < -0.39 is 0 Å². The largest absolute Gasteiger partial charge is 0.306 e. The lowest BCUT2D eigenvalue weighted by atomic mass is 10.1. The lowest BCUT2D eigenvalue weighted by molar-refractivity contribution is 0.240. The maximum atomic E-state index is 12.4. The number of aromatic nitrogens is 4. The Bertz CT molecular complexity index is 940. The third-order valence-electron chi connectivity index (χ3n) is 4.30. The van der Waals surface area contributed by atoms with Gasteiger partial charge in [0.05, 0.1) is 5.69 Å². The van der Waals surface area contributed by atoms with E-state index in [2.05, 4.69) is 24.8 Å². The van der Waals surface area contributed by atoms with E-state index in [0.29, 0.717) is 23.9 Å². The molecule has 0 unspecified atom stereocenters. The molecule has 0 spiro atoms. The van der Waals surface area contributed by atoms with Crippen molar-refractivity contribution in [2.24, 2.45) is 0 Å². The average Bonchev–Trinajstić information content (AvgIpc) is 2.64. The molecule has 0 aliphatic carbocycles. The molecule has 1 aliphatic rings. The Kier molecular flexibility index (Phi) is 4.29. The third-order valence-corrected chi connectivity index (χ3v) is 4.52. The van der Waals surface area contributed by atoms with E-state index in [1.165, 1.54) is 0 Å². The molecule has 0 saturated carbocycles. The summed E-state index contributed by atoms with van der Waals surface area (Å²) in [7, 11) is 0. The van der Waals surface area contributed by atoms with Crippen LogP contribution in [0.15, 0.2) is 47.7 Å². The van der Waals surface area contributed by atoms with Gasteiger partial charge in [-0.25, -0.2) is 9.97 Å². The summed E-state index contributed by atoms with van der Waals surface area (Å²) in [6, 6.07) is 7.44. The van der Waals surface area contributed by atoms with Crippen molar-refractivity contribution in [3.63, 3.8) is 0 Å². The van der Waals surface area contributed by atoms with Crippen LogP contribution in [-0.4, -0.2) is 31.4 Å². The molecule has 6 nitrogen and oxygen atoms in total. The second-order valence-electron chi connectivity index (χ2n) is 6.03. The number of nitrogens with zero attached hydrogens (tertiary/aromatic N) is 4. The summed E-state index contributed by atoms with van der Waals surface area (Å²) in [4.78, 5) is 30.4. The van der Waals surface area contributed by atoms with Crippen molar-refractivity contribution in [2.45, 2.75) is 19.5 Å². The molecule has 3 aromatic rings. The number of rotatable bonds is 3. The van der Waals surface area contributed by atoms with Gasteiger partial charge in [0.15, 0.2) is 0 Å². The fourth-order valence-corrected chi connectivity index (χ4v) is 3.15. The number of aromatic amines is 1. The Balaban J connectivity index is 1.60. The van der Waals surface area contributed by atoms with Gasteiger partial charge < -0.3 is 4.98 Å². The monoisotopic (exact) mass is 353 g/mol. The number of fused-ring (bicyclic) bond motifs is 1. The first-order valence-corrected chi connectivity index (χ1v) is 8.42. The lowest BCUT2D eigenvalue weighted by Crippen LogP contribution is -2.35. The van der Waals surface area contributed by atoms with Crippen molar-refractivity contribution in [3.8, 4) is 11.4 Å². The van der Waals surface area contributed by atoms with Crippen LogP contribution in [0.4, 0.5) is 0 Å². The maximum Gasteiger partial charge on any atom is 0.254 e. The molecular weight excluding hydrogens is 338 g/mol. The molecule has 0 atom stereocenters. The maximum absolute atomic E-state index is 12.4. The molecule has 4 rings (SSSR count). The highest BCUT2D eigenvalue weighted by Gasteiger charge is 2.21. The molecule has 0 aromatic carbocycles. The Morgan fingerprint density at radius 3 is 2.80 bits per heavy atom. The fourth-order valence-electron chi connectivity index (χ4n) is 3.03. The SMILES string of the molecule is O=c1[nH]c(-c2ccncc2)nc2c1CCN(Cc1ccc(Cl)nc1)C2. The predicted molar refractivity (Wildman–Crippen MR) is 95.2 cm³/mol. The zero-order valence-corrected chi connectivity index (χ0v) is 14.2. The van der Waals surface area contributed by atoms with Gasteiger partial charge in [0.1, 0.15) is 11.0 Å². The molecule has 0 amide bonds. The minimum atomic E-state index is -0.0513. The highest BCUT2D eigenvalue weighted by atomic mass is 35.5. The van der Waals surface area contributed by atoms with Gasteiger partial charge >= 0.3 is 0 Å². The van der Waals surface area contributed by atoms with Gasteiger partial charge in [0.25, 0.3) is 5.56 Å². The first-order valence-electron chi connectivity index (χ1n) is 8.04. The number of hydrogen-bond donors (Lipinski definition) is 1. The molecule has 0 fully saturated rings. The minimum Gasteiger partial charge on any atom is -0.306 e. The first-order chi connectivity index (χ1) is 12.2. The summed E-state index contributed by atoms with van der Waals surface area (Å²) in [5, 5.41) is 0.489. The molecule has 0 radical (unpaired) electrons. The molecule has 0 saturated heterocycles. The van der Waals surface area contributed by atoms with Crippen LogP contribution in [0.5, 0.6) is 0 Å². The molecule has 25 heavy (non-hydrogen) atoms. The summed E-state index contributed by atoms with van der Waals surface area (Å²) < 4.78 is 0. The topological polar surface area (TPSA) is 74.8 Å². The van der Waals surface area contributed by atoms with Gasteiger partial charge in [0.2, 0.25) is 0 Å². The van der Waals surface area contributed by atoms with E-state index in [9.17, 15) is 4.79 Å². The first kappa shape index (κ1) is 15.9. The Morgan fingerprint density at radius 1 is 1.20 bits per heavy atom. The quantitative estimate of drug-likeness (QED) is 0.732. The number of pyridine rings is 2. The molecule has 0 bridgehead atoms. The summed E-state index contributed by atoms with van der Waals surface area (Å²) in [5.41, 5.74) is 3.51. The van der Waals surface area contributed by atoms with Gasteiger partial charge in [0, 0.05) is 49.4 Å². The van der Waals surface area contributed by atoms with Crippen LogP contribution < -0.4 is 5.56 Å². The van der Waals surface area contributed by atoms with Gasteiger partial charge in [-0.2, -0.15) is 0 Å². The van der Waals surface area contributed by atoms with E-state index in [1.807, 2.05) is 18.2 Å². The van der Waals surface area contributed by atoms with Crippen molar-refractivity contribution < 1.29 is 0 Å². The summed E-state index contributed by atoms with van der Waals surface area (Å²) in [6.45, 7) is 2.21. The Labute approximate surface area is 149 Å². The summed E-state index contributed by atoms with van der Waals surface area (Å²) >= 11 is 5.84. The van der Waals surface area contributed by atoms with Crippen molar-refractivity contribution >= 4 is 11.6 Å². The zero-order chi connectivity index (χ0) is 17.2. The van der Waals surface area contributed by atoms with Crippen LogP contribution >= 0.6 is 11.6 Å². The zero-order valence-electron chi connectivity index (χ0n) is 13.4. The Morgan fingerprint density at radius 2 is 2.04 bits per heavy atom. The molecule has 1 N–H and O–H groups in total. The van der Waals surface area contributed by atoms with Gasteiger partial charge in [-0.1, -0.05) is 17.7 Å². The van der Waals surface area contributed by atoms with Crippen LogP contribution in [0.3, 0.4) is 0 Å². The van der Waals surface area contributed by atoms with E-state index >= 15 is 0 Å². The molecule has 126 valence electrons. The predicted octanol–water partition coefficient (Wildman–Crippen LogP) is 2.44. The molecule has 7 heteroatoms. The summed E-state index contributed by atoms with van der Waals surface area (Å²) in [6.07, 6.45) is 5.85. The number of nitrogens with one attached hydrogen (secondary N) is 1. The molecule has 1 aliphatic heterocycles.